The molecule has 1 heteroatoms. The summed E-state index contributed by atoms with van der Waals surface area (Å²) < 4.78 is 0. The Morgan fingerprint density at radius 3 is 2.43 bits per heavy atom. The van der Waals surface area contributed by atoms with Gasteiger partial charge in [-0.25, -0.2) is 0 Å². The average Bonchev–Trinajstić information content (AvgIpc) is 2.98. The lowest BCUT2D eigenvalue weighted by Crippen LogP contribution is -2.42. The molecule has 1 fully saturated rings. The zero-order chi connectivity index (χ0) is 10.2. The Kier molecular flexibility index (Phi) is 2.36. The van der Waals surface area contributed by atoms with Gasteiger partial charge in [-0.3, -0.25) is 0 Å². The molecule has 0 spiro atoms. The molecule has 1 aromatic rings. The van der Waals surface area contributed by atoms with Crippen LogP contribution in [0.2, 0.25) is 18.6 Å². The molecule has 2 atom stereocenters. The molecule has 0 heterocycles. The lowest BCUT2D eigenvalue weighted by atomic mass is 10.4. The van der Waals surface area contributed by atoms with Crippen LogP contribution in [0.5, 0.6) is 0 Å². The summed E-state index contributed by atoms with van der Waals surface area (Å²) in [6, 6.07) is 11.0. The third-order valence-electron chi connectivity index (χ3n) is 3.59. The third-order valence-corrected chi connectivity index (χ3v) is 7.93. The predicted molar refractivity (Wildman–Crippen MR) is 65.6 cm³/mol. The summed E-state index contributed by atoms with van der Waals surface area (Å²) in [5, 5.41) is 1.59. The highest BCUT2D eigenvalue weighted by Crippen LogP contribution is 2.51. The van der Waals surface area contributed by atoms with Gasteiger partial charge in [-0.2, -0.15) is 0 Å². The first-order valence-corrected chi connectivity index (χ1v) is 8.42. The van der Waals surface area contributed by atoms with Crippen LogP contribution in [0, 0.1) is 5.92 Å². The van der Waals surface area contributed by atoms with Crippen LogP contribution in [0.25, 0.3) is 0 Å². The van der Waals surface area contributed by atoms with Crippen molar-refractivity contribution in [2.24, 2.45) is 5.92 Å². The summed E-state index contributed by atoms with van der Waals surface area (Å²) in [5.74, 6) is 0.803. The van der Waals surface area contributed by atoms with Crippen LogP contribution < -0.4 is 5.19 Å². The van der Waals surface area contributed by atoms with Gasteiger partial charge in [-0.05, 0) is 17.9 Å². The minimum atomic E-state index is -1.20. The second-order valence-electron chi connectivity index (χ2n) is 4.83. The average molecular weight is 202 g/mol. The number of hydrogen-bond acceptors (Lipinski definition) is 0. The van der Waals surface area contributed by atoms with E-state index in [0.29, 0.717) is 0 Å². The maximum atomic E-state index is 3.90. The van der Waals surface area contributed by atoms with Gasteiger partial charge < -0.3 is 0 Å². The van der Waals surface area contributed by atoms with Crippen molar-refractivity contribution in [2.75, 3.05) is 0 Å². The SMILES string of the molecule is C=C[C@@H]1C[C@@H]1[Si](C)(C)c1ccccc1. The van der Waals surface area contributed by atoms with E-state index in [4.69, 9.17) is 0 Å². The zero-order valence-corrected chi connectivity index (χ0v) is 10.0. The molecule has 0 radical (unpaired) electrons. The van der Waals surface area contributed by atoms with Gasteiger partial charge in [0.25, 0.3) is 0 Å². The predicted octanol–water partition coefficient (Wildman–Crippen LogP) is 3.18. The molecule has 0 saturated heterocycles. The molecular weight excluding hydrogens is 184 g/mol. The Morgan fingerprint density at radius 1 is 1.29 bits per heavy atom. The van der Waals surface area contributed by atoms with E-state index < -0.39 is 8.07 Å². The van der Waals surface area contributed by atoms with Gasteiger partial charge in [0, 0.05) is 0 Å². The summed E-state index contributed by atoms with van der Waals surface area (Å²) in [5.41, 5.74) is 0.933. The lowest BCUT2D eigenvalue weighted by molar-refractivity contribution is 1.11. The molecule has 0 unspecified atom stereocenters. The fourth-order valence-corrected chi connectivity index (χ4v) is 5.93. The molecule has 1 aliphatic carbocycles. The Labute approximate surface area is 87.7 Å². The molecule has 0 aromatic heterocycles. The molecule has 1 aromatic carbocycles. The first kappa shape index (κ1) is 9.72. The molecule has 1 aliphatic rings. The second kappa shape index (κ2) is 3.39. The quantitative estimate of drug-likeness (QED) is 0.522. The molecular formula is C13H18Si. The number of benzene rings is 1. The highest BCUT2D eigenvalue weighted by Gasteiger charge is 2.47. The van der Waals surface area contributed by atoms with Crippen LogP contribution >= 0.6 is 0 Å². The fraction of sp³-hybridized carbons (Fsp3) is 0.385. The van der Waals surface area contributed by atoms with Crippen LogP contribution in [0.3, 0.4) is 0 Å². The topological polar surface area (TPSA) is 0 Å². The van der Waals surface area contributed by atoms with Crippen LogP contribution in [0.4, 0.5) is 0 Å². The highest BCUT2D eigenvalue weighted by molar-refractivity contribution is 6.91. The van der Waals surface area contributed by atoms with Crippen molar-refractivity contribution in [3.05, 3.63) is 43.0 Å². The summed E-state index contributed by atoms with van der Waals surface area (Å²) in [7, 11) is -1.20. The van der Waals surface area contributed by atoms with E-state index in [1.54, 1.807) is 5.19 Å². The van der Waals surface area contributed by atoms with Crippen LogP contribution in [-0.2, 0) is 0 Å². The molecule has 0 N–H and O–H groups in total. The van der Waals surface area contributed by atoms with Crippen molar-refractivity contribution < 1.29 is 0 Å². The molecule has 0 amide bonds. The Bertz CT molecular complexity index is 326. The molecule has 1 saturated carbocycles. The van der Waals surface area contributed by atoms with Gasteiger partial charge in [-0.1, -0.05) is 54.7 Å². The molecule has 14 heavy (non-hydrogen) atoms. The number of hydrogen-bond donors (Lipinski definition) is 0. The lowest BCUT2D eigenvalue weighted by Gasteiger charge is -2.23. The van der Waals surface area contributed by atoms with E-state index in [2.05, 4.69) is 56.1 Å². The van der Waals surface area contributed by atoms with Gasteiger partial charge in [0.2, 0.25) is 0 Å². The largest absolute Gasteiger partial charge is 0.103 e. The van der Waals surface area contributed by atoms with E-state index in [9.17, 15) is 0 Å². The Balaban J connectivity index is 2.21. The van der Waals surface area contributed by atoms with E-state index >= 15 is 0 Å². The standard InChI is InChI=1S/C13H18Si/c1-4-11-10-13(11)14(2,3)12-8-6-5-7-9-12/h4-9,11,13H,1,10H2,2-3H3/t11-,13+/m1/s1. The first-order chi connectivity index (χ1) is 6.66. The normalized spacial score (nSPS) is 25.9. The van der Waals surface area contributed by atoms with Crippen molar-refractivity contribution >= 4 is 13.3 Å². The van der Waals surface area contributed by atoms with Gasteiger partial charge in [0.1, 0.15) is 0 Å². The Hall–Kier alpha value is -0.823. The van der Waals surface area contributed by atoms with Gasteiger partial charge in [0.05, 0.1) is 8.07 Å². The van der Waals surface area contributed by atoms with Crippen LogP contribution in [-0.4, -0.2) is 8.07 Å². The molecule has 0 nitrogen and oxygen atoms in total. The first-order valence-electron chi connectivity index (χ1n) is 5.34. The zero-order valence-electron chi connectivity index (χ0n) is 9.03. The fourth-order valence-electron chi connectivity index (χ4n) is 2.39. The van der Waals surface area contributed by atoms with Gasteiger partial charge in [0.15, 0.2) is 0 Å². The minimum Gasteiger partial charge on any atom is -0.103 e. The summed E-state index contributed by atoms with van der Waals surface area (Å²) in [4.78, 5) is 0. The van der Waals surface area contributed by atoms with E-state index in [1.807, 2.05) is 0 Å². The smallest absolute Gasteiger partial charge is 0.0842 e. The summed E-state index contributed by atoms with van der Waals surface area (Å²) in [6.07, 6.45) is 3.51. The van der Waals surface area contributed by atoms with Gasteiger partial charge >= 0.3 is 0 Å². The van der Waals surface area contributed by atoms with Crippen molar-refractivity contribution in [1.29, 1.82) is 0 Å². The van der Waals surface area contributed by atoms with Crippen molar-refractivity contribution in [1.82, 2.24) is 0 Å². The maximum absolute atomic E-state index is 3.90. The Morgan fingerprint density at radius 2 is 1.93 bits per heavy atom. The maximum Gasteiger partial charge on any atom is 0.0842 e. The van der Waals surface area contributed by atoms with E-state index in [0.717, 1.165) is 11.5 Å². The van der Waals surface area contributed by atoms with Crippen LogP contribution in [0.15, 0.2) is 43.0 Å². The van der Waals surface area contributed by atoms with E-state index in [1.165, 1.54) is 6.42 Å². The van der Waals surface area contributed by atoms with Crippen molar-refractivity contribution in [3.8, 4) is 0 Å². The summed E-state index contributed by atoms with van der Waals surface area (Å²) in [6.45, 7) is 8.87. The van der Waals surface area contributed by atoms with Gasteiger partial charge in [-0.15, -0.1) is 6.58 Å². The van der Waals surface area contributed by atoms with Crippen LogP contribution in [0.1, 0.15) is 6.42 Å². The minimum absolute atomic E-state index is 0.803. The third kappa shape index (κ3) is 1.57. The molecule has 0 aliphatic heterocycles. The molecule has 2 rings (SSSR count). The van der Waals surface area contributed by atoms with Crippen molar-refractivity contribution in [3.63, 3.8) is 0 Å². The molecule has 0 bridgehead atoms. The number of allylic oxidation sites excluding steroid dienone is 1. The van der Waals surface area contributed by atoms with E-state index in [-0.39, 0.29) is 0 Å². The van der Waals surface area contributed by atoms with Crippen molar-refractivity contribution in [2.45, 2.75) is 25.1 Å². The highest BCUT2D eigenvalue weighted by atomic mass is 28.3. The summed E-state index contributed by atoms with van der Waals surface area (Å²) >= 11 is 0. The second-order valence-corrected chi connectivity index (χ2v) is 9.59. The number of rotatable bonds is 3. The monoisotopic (exact) mass is 202 g/mol. The molecule has 74 valence electrons.